The molecule has 0 aromatic rings. The zero-order chi connectivity index (χ0) is 10.6. The van der Waals surface area contributed by atoms with E-state index in [4.69, 9.17) is 10.5 Å². The first-order chi connectivity index (χ1) is 6.53. The van der Waals surface area contributed by atoms with E-state index in [-0.39, 0.29) is 5.60 Å². The van der Waals surface area contributed by atoms with E-state index < -0.39 is 0 Å². The summed E-state index contributed by atoms with van der Waals surface area (Å²) in [6.07, 6.45) is 2.40. The quantitative estimate of drug-likeness (QED) is 0.741. The van der Waals surface area contributed by atoms with Crippen molar-refractivity contribution in [2.75, 3.05) is 26.2 Å². The van der Waals surface area contributed by atoms with Gasteiger partial charge in [0.25, 0.3) is 0 Å². The van der Waals surface area contributed by atoms with Crippen LogP contribution in [0.5, 0.6) is 0 Å². The number of rotatable bonds is 4. The van der Waals surface area contributed by atoms with E-state index in [9.17, 15) is 0 Å². The first-order valence-corrected chi connectivity index (χ1v) is 5.65. The van der Waals surface area contributed by atoms with Crippen LogP contribution in [-0.4, -0.2) is 42.8 Å². The van der Waals surface area contributed by atoms with E-state index >= 15 is 0 Å². The number of likely N-dealkylation sites (tertiary alicyclic amines) is 1. The van der Waals surface area contributed by atoms with Crippen LogP contribution >= 0.6 is 0 Å². The highest BCUT2D eigenvalue weighted by atomic mass is 16.5. The number of hydrogen-bond acceptors (Lipinski definition) is 3. The zero-order valence-corrected chi connectivity index (χ0v) is 9.75. The Hall–Kier alpha value is -0.120. The van der Waals surface area contributed by atoms with Crippen molar-refractivity contribution in [2.24, 2.45) is 5.73 Å². The molecule has 0 aromatic heterocycles. The standard InChI is InChI=1S/C11H24N2O/c1-4-14-11(2,3)9-13-7-5-6-10(12)8-13/h10H,4-9,12H2,1-3H3. The second kappa shape index (κ2) is 5.10. The fourth-order valence-electron chi connectivity index (χ4n) is 2.21. The van der Waals surface area contributed by atoms with Crippen LogP contribution in [0, 0.1) is 0 Å². The van der Waals surface area contributed by atoms with Crippen LogP contribution < -0.4 is 5.73 Å². The Morgan fingerprint density at radius 1 is 1.50 bits per heavy atom. The van der Waals surface area contributed by atoms with Gasteiger partial charge < -0.3 is 10.5 Å². The molecule has 0 aromatic carbocycles. The molecule has 0 saturated carbocycles. The maximum atomic E-state index is 5.94. The lowest BCUT2D eigenvalue weighted by atomic mass is 10.0. The molecule has 1 unspecified atom stereocenters. The van der Waals surface area contributed by atoms with Gasteiger partial charge in [-0.3, -0.25) is 4.90 Å². The Balaban J connectivity index is 2.34. The number of hydrogen-bond donors (Lipinski definition) is 1. The molecular weight excluding hydrogens is 176 g/mol. The second-order valence-corrected chi connectivity index (χ2v) is 4.83. The van der Waals surface area contributed by atoms with Gasteiger partial charge >= 0.3 is 0 Å². The van der Waals surface area contributed by atoms with Crippen LogP contribution in [0.4, 0.5) is 0 Å². The van der Waals surface area contributed by atoms with Gasteiger partial charge in [-0.25, -0.2) is 0 Å². The molecule has 1 aliphatic heterocycles. The van der Waals surface area contributed by atoms with Crippen LogP contribution in [0.2, 0.25) is 0 Å². The Labute approximate surface area is 87.6 Å². The Bertz CT molecular complexity index is 171. The molecule has 3 heteroatoms. The Kier molecular flexibility index (Phi) is 4.35. The first kappa shape index (κ1) is 12.0. The van der Waals surface area contributed by atoms with Gasteiger partial charge in [-0.05, 0) is 40.2 Å². The molecule has 0 bridgehead atoms. The van der Waals surface area contributed by atoms with Crippen molar-refractivity contribution < 1.29 is 4.74 Å². The van der Waals surface area contributed by atoms with E-state index in [2.05, 4.69) is 18.7 Å². The van der Waals surface area contributed by atoms with Crippen molar-refractivity contribution in [2.45, 2.75) is 45.3 Å². The molecule has 84 valence electrons. The van der Waals surface area contributed by atoms with Gasteiger partial charge in [-0.1, -0.05) is 0 Å². The van der Waals surface area contributed by atoms with Crippen molar-refractivity contribution >= 4 is 0 Å². The van der Waals surface area contributed by atoms with Gasteiger partial charge in [0.1, 0.15) is 0 Å². The molecule has 3 nitrogen and oxygen atoms in total. The number of nitrogens with two attached hydrogens (primary N) is 1. The maximum absolute atomic E-state index is 5.94. The monoisotopic (exact) mass is 200 g/mol. The normalized spacial score (nSPS) is 25.3. The van der Waals surface area contributed by atoms with Crippen LogP contribution in [-0.2, 0) is 4.74 Å². The highest BCUT2D eigenvalue weighted by Crippen LogP contribution is 2.15. The highest BCUT2D eigenvalue weighted by Gasteiger charge is 2.25. The lowest BCUT2D eigenvalue weighted by Gasteiger charge is -2.36. The smallest absolute Gasteiger partial charge is 0.0752 e. The third kappa shape index (κ3) is 3.95. The molecule has 0 radical (unpaired) electrons. The highest BCUT2D eigenvalue weighted by molar-refractivity contribution is 4.80. The van der Waals surface area contributed by atoms with Crippen LogP contribution in [0.25, 0.3) is 0 Å². The molecule has 1 saturated heterocycles. The Morgan fingerprint density at radius 2 is 2.21 bits per heavy atom. The summed E-state index contributed by atoms with van der Waals surface area (Å²) in [5.41, 5.74) is 5.90. The summed E-state index contributed by atoms with van der Waals surface area (Å²) < 4.78 is 5.68. The van der Waals surface area contributed by atoms with E-state index in [0.717, 1.165) is 19.7 Å². The molecule has 1 aliphatic rings. The van der Waals surface area contributed by atoms with Crippen molar-refractivity contribution in [1.82, 2.24) is 4.90 Å². The lowest BCUT2D eigenvalue weighted by molar-refractivity contribution is -0.0380. The first-order valence-electron chi connectivity index (χ1n) is 5.65. The van der Waals surface area contributed by atoms with E-state index in [1.807, 2.05) is 6.92 Å². The lowest BCUT2D eigenvalue weighted by Crippen LogP contribution is -2.48. The van der Waals surface area contributed by atoms with Crippen molar-refractivity contribution in [3.8, 4) is 0 Å². The summed E-state index contributed by atoms with van der Waals surface area (Å²) >= 11 is 0. The fraction of sp³-hybridized carbons (Fsp3) is 1.00. The van der Waals surface area contributed by atoms with E-state index in [1.54, 1.807) is 0 Å². The number of ether oxygens (including phenoxy) is 1. The van der Waals surface area contributed by atoms with E-state index in [1.165, 1.54) is 19.4 Å². The number of piperidine rings is 1. The predicted octanol–water partition coefficient (Wildman–Crippen LogP) is 1.22. The average molecular weight is 200 g/mol. The molecule has 0 aliphatic carbocycles. The molecule has 14 heavy (non-hydrogen) atoms. The maximum Gasteiger partial charge on any atom is 0.0752 e. The molecule has 1 fully saturated rings. The zero-order valence-electron chi connectivity index (χ0n) is 9.75. The van der Waals surface area contributed by atoms with Gasteiger partial charge in [0.2, 0.25) is 0 Å². The predicted molar refractivity (Wildman–Crippen MR) is 59.4 cm³/mol. The van der Waals surface area contributed by atoms with Gasteiger partial charge in [0.05, 0.1) is 5.60 Å². The molecule has 0 spiro atoms. The Morgan fingerprint density at radius 3 is 2.79 bits per heavy atom. The molecule has 0 amide bonds. The molecule has 2 N–H and O–H groups in total. The van der Waals surface area contributed by atoms with Gasteiger partial charge in [0, 0.05) is 25.7 Å². The van der Waals surface area contributed by atoms with Crippen molar-refractivity contribution in [3.63, 3.8) is 0 Å². The number of nitrogens with zero attached hydrogens (tertiary/aromatic N) is 1. The van der Waals surface area contributed by atoms with Gasteiger partial charge in [0.15, 0.2) is 0 Å². The van der Waals surface area contributed by atoms with Gasteiger partial charge in [-0.15, -0.1) is 0 Å². The summed E-state index contributed by atoms with van der Waals surface area (Å²) in [6, 6.07) is 0.362. The minimum Gasteiger partial charge on any atom is -0.375 e. The SMILES string of the molecule is CCOC(C)(C)CN1CCCC(N)C1. The molecule has 1 rings (SSSR count). The average Bonchev–Trinajstić information content (AvgIpc) is 2.02. The fourth-order valence-corrected chi connectivity index (χ4v) is 2.21. The van der Waals surface area contributed by atoms with Crippen LogP contribution in [0.3, 0.4) is 0 Å². The van der Waals surface area contributed by atoms with E-state index in [0.29, 0.717) is 6.04 Å². The summed E-state index contributed by atoms with van der Waals surface area (Å²) in [7, 11) is 0. The molecule has 1 heterocycles. The minimum atomic E-state index is -0.0359. The minimum absolute atomic E-state index is 0.0359. The third-order valence-corrected chi connectivity index (χ3v) is 2.68. The topological polar surface area (TPSA) is 38.5 Å². The molecule has 1 atom stereocenters. The largest absolute Gasteiger partial charge is 0.375 e. The summed E-state index contributed by atoms with van der Waals surface area (Å²) in [6.45, 7) is 10.3. The van der Waals surface area contributed by atoms with Crippen molar-refractivity contribution in [3.05, 3.63) is 0 Å². The van der Waals surface area contributed by atoms with Crippen molar-refractivity contribution in [1.29, 1.82) is 0 Å². The summed E-state index contributed by atoms with van der Waals surface area (Å²) in [5, 5.41) is 0. The molecular formula is C11H24N2O. The summed E-state index contributed by atoms with van der Waals surface area (Å²) in [5.74, 6) is 0. The third-order valence-electron chi connectivity index (χ3n) is 2.68. The van der Waals surface area contributed by atoms with Gasteiger partial charge in [-0.2, -0.15) is 0 Å². The summed E-state index contributed by atoms with van der Waals surface area (Å²) in [4.78, 5) is 2.42. The van der Waals surface area contributed by atoms with Crippen LogP contribution in [0.15, 0.2) is 0 Å². The second-order valence-electron chi connectivity index (χ2n) is 4.83. The van der Waals surface area contributed by atoms with Crippen LogP contribution in [0.1, 0.15) is 33.6 Å².